The third-order valence-electron chi connectivity index (χ3n) is 3.98. The molecule has 126 valence electrons. The zero-order valence-electron chi connectivity index (χ0n) is 13.0. The van der Waals surface area contributed by atoms with Crippen LogP contribution in [-0.2, 0) is 0 Å². The summed E-state index contributed by atoms with van der Waals surface area (Å²) in [5.41, 5.74) is 1.09. The smallest absolute Gasteiger partial charge is 0.265 e. The number of pyridine rings is 1. The molecule has 2 amide bonds. The number of nitrogens with one attached hydrogen (secondary N) is 1. The molecule has 2 aromatic rings. The van der Waals surface area contributed by atoms with E-state index in [1.54, 1.807) is 9.80 Å². The number of nitrogens with zero attached hydrogens (tertiary/aromatic N) is 2. The van der Waals surface area contributed by atoms with Crippen molar-refractivity contribution in [1.29, 1.82) is 0 Å². The molecule has 3 heterocycles. The predicted octanol–water partition coefficient (Wildman–Crippen LogP) is 2.00. The van der Waals surface area contributed by atoms with E-state index in [0.717, 1.165) is 5.56 Å². The minimum atomic E-state index is -0.245. The summed E-state index contributed by atoms with van der Waals surface area (Å²) in [5.74, 6) is -0.238. The van der Waals surface area contributed by atoms with Crippen molar-refractivity contribution in [2.24, 2.45) is 0 Å². The van der Waals surface area contributed by atoms with E-state index in [4.69, 9.17) is 11.6 Å². The van der Waals surface area contributed by atoms with Gasteiger partial charge < -0.3 is 14.8 Å². The summed E-state index contributed by atoms with van der Waals surface area (Å²) in [6.07, 6.45) is 1.41. The fourth-order valence-electron chi connectivity index (χ4n) is 2.56. The highest BCUT2D eigenvalue weighted by Crippen LogP contribution is 2.28. The van der Waals surface area contributed by atoms with Crippen molar-refractivity contribution >= 4 is 34.8 Å². The molecule has 0 unspecified atom stereocenters. The monoisotopic (exact) mass is 365 g/mol. The van der Waals surface area contributed by atoms with Gasteiger partial charge in [0.05, 0.1) is 10.6 Å². The highest BCUT2D eigenvalue weighted by atomic mass is 35.5. The molecular formula is C16H16ClN3O3S. The molecule has 0 atom stereocenters. The number of aromatic nitrogens is 1. The molecule has 0 aliphatic carbocycles. The van der Waals surface area contributed by atoms with Crippen LogP contribution in [0, 0.1) is 6.92 Å². The predicted molar refractivity (Wildman–Crippen MR) is 92.9 cm³/mol. The third kappa shape index (κ3) is 3.22. The highest BCUT2D eigenvalue weighted by Gasteiger charge is 2.27. The van der Waals surface area contributed by atoms with Crippen molar-refractivity contribution in [3.8, 4) is 0 Å². The highest BCUT2D eigenvalue weighted by molar-refractivity contribution is 7.13. The number of hydrogen-bond donors (Lipinski definition) is 1. The number of H-pyrrole nitrogens is 1. The Bertz CT molecular complexity index is 817. The first-order chi connectivity index (χ1) is 11.5. The maximum absolute atomic E-state index is 12.5. The Morgan fingerprint density at radius 3 is 2.25 bits per heavy atom. The van der Waals surface area contributed by atoms with E-state index in [1.165, 1.54) is 29.7 Å². The Hall–Kier alpha value is -2.12. The molecule has 1 aliphatic rings. The van der Waals surface area contributed by atoms with E-state index in [1.807, 2.05) is 12.3 Å². The van der Waals surface area contributed by atoms with Gasteiger partial charge in [0.1, 0.15) is 4.88 Å². The summed E-state index contributed by atoms with van der Waals surface area (Å²) in [6.45, 7) is 3.69. The number of aromatic amines is 1. The summed E-state index contributed by atoms with van der Waals surface area (Å²) >= 11 is 7.51. The molecule has 24 heavy (non-hydrogen) atoms. The van der Waals surface area contributed by atoms with Crippen LogP contribution in [0.2, 0.25) is 5.02 Å². The van der Waals surface area contributed by atoms with E-state index < -0.39 is 0 Å². The second kappa shape index (κ2) is 6.78. The van der Waals surface area contributed by atoms with Crippen LogP contribution >= 0.6 is 22.9 Å². The molecule has 8 heteroatoms. The van der Waals surface area contributed by atoms with Crippen LogP contribution in [0.1, 0.15) is 25.6 Å². The first-order valence-electron chi connectivity index (χ1n) is 7.48. The largest absolute Gasteiger partial charge is 0.335 e. The van der Waals surface area contributed by atoms with Gasteiger partial charge in [0, 0.05) is 38.4 Å². The van der Waals surface area contributed by atoms with Gasteiger partial charge >= 0.3 is 0 Å². The van der Waals surface area contributed by atoms with Crippen molar-refractivity contribution in [2.45, 2.75) is 6.92 Å². The molecule has 1 saturated heterocycles. The molecule has 1 N–H and O–H groups in total. The lowest BCUT2D eigenvalue weighted by Gasteiger charge is -2.34. The number of carbonyl (C=O) groups excluding carboxylic acids is 2. The lowest BCUT2D eigenvalue weighted by Crippen LogP contribution is -2.50. The number of halogens is 1. The van der Waals surface area contributed by atoms with Gasteiger partial charge in [-0.25, -0.2) is 0 Å². The van der Waals surface area contributed by atoms with E-state index >= 15 is 0 Å². The molecule has 0 radical (unpaired) electrons. The Morgan fingerprint density at radius 2 is 1.75 bits per heavy atom. The van der Waals surface area contributed by atoms with Gasteiger partial charge in [-0.15, -0.1) is 11.3 Å². The van der Waals surface area contributed by atoms with Crippen molar-refractivity contribution in [3.05, 3.63) is 55.1 Å². The van der Waals surface area contributed by atoms with Gasteiger partial charge in [-0.05, 0) is 23.9 Å². The number of carbonyl (C=O) groups is 2. The quantitative estimate of drug-likeness (QED) is 0.884. The van der Waals surface area contributed by atoms with Gasteiger partial charge in [0.2, 0.25) is 5.56 Å². The van der Waals surface area contributed by atoms with Crippen LogP contribution in [0.4, 0.5) is 0 Å². The Labute approximate surface area is 147 Å². The zero-order valence-corrected chi connectivity index (χ0v) is 14.6. The summed E-state index contributed by atoms with van der Waals surface area (Å²) in [4.78, 5) is 42.4. The van der Waals surface area contributed by atoms with Crippen LogP contribution in [0.15, 0.2) is 28.5 Å². The molecule has 1 aliphatic heterocycles. The average molecular weight is 366 g/mol. The summed E-state index contributed by atoms with van der Waals surface area (Å²) in [7, 11) is 0. The maximum atomic E-state index is 12.5. The van der Waals surface area contributed by atoms with Gasteiger partial charge in [0.15, 0.2) is 0 Å². The van der Waals surface area contributed by atoms with Crippen LogP contribution in [-0.4, -0.2) is 52.8 Å². The summed E-state index contributed by atoms with van der Waals surface area (Å²) in [5, 5.41) is 2.38. The number of thiophene rings is 1. The summed E-state index contributed by atoms with van der Waals surface area (Å²) < 4.78 is 0. The van der Waals surface area contributed by atoms with E-state index in [-0.39, 0.29) is 17.4 Å². The second-order valence-corrected chi connectivity index (χ2v) is 6.85. The average Bonchev–Trinajstić information content (AvgIpc) is 2.94. The molecular weight excluding hydrogens is 350 g/mol. The van der Waals surface area contributed by atoms with Gasteiger partial charge in [-0.2, -0.15) is 0 Å². The van der Waals surface area contributed by atoms with Gasteiger partial charge in [-0.3, -0.25) is 14.4 Å². The topological polar surface area (TPSA) is 73.5 Å². The van der Waals surface area contributed by atoms with Crippen molar-refractivity contribution in [1.82, 2.24) is 14.8 Å². The van der Waals surface area contributed by atoms with E-state index in [2.05, 4.69) is 4.98 Å². The molecule has 3 rings (SSSR count). The lowest BCUT2D eigenvalue weighted by atomic mass is 10.2. The third-order valence-corrected chi connectivity index (χ3v) is 5.66. The maximum Gasteiger partial charge on any atom is 0.265 e. The second-order valence-electron chi connectivity index (χ2n) is 5.59. The van der Waals surface area contributed by atoms with Crippen LogP contribution < -0.4 is 5.56 Å². The first kappa shape index (κ1) is 16.7. The van der Waals surface area contributed by atoms with Crippen LogP contribution in [0.25, 0.3) is 0 Å². The minimum absolute atomic E-state index is 0.0887. The van der Waals surface area contributed by atoms with Crippen LogP contribution in [0.5, 0.6) is 0 Å². The van der Waals surface area contributed by atoms with Gasteiger partial charge in [-0.1, -0.05) is 11.6 Å². The fourth-order valence-corrected chi connectivity index (χ4v) is 3.80. The molecule has 0 bridgehead atoms. The standard InChI is InChI=1S/C16H16ClN3O3S/c1-10-9-24-14(13(10)17)16(23)20-6-4-19(5-7-20)15(22)11-2-3-12(21)18-8-11/h2-3,8-9H,4-7H2,1H3,(H,18,21). The van der Waals surface area contributed by atoms with E-state index in [9.17, 15) is 14.4 Å². The molecule has 2 aromatic heterocycles. The number of piperazine rings is 1. The molecule has 1 fully saturated rings. The number of aryl methyl sites for hydroxylation is 1. The van der Waals surface area contributed by atoms with E-state index in [0.29, 0.717) is 41.6 Å². The molecule has 0 aromatic carbocycles. The SMILES string of the molecule is Cc1csc(C(=O)N2CCN(C(=O)c3ccc(=O)[nH]c3)CC2)c1Cl. The molecule has 0 saturated carbocycles. The lowest BCUT2D eigenvalue weighted by molar-refractivity contribution is 0.0538. The minimum Gasteiger partial charge on any atom is -0.335 e. The molecule has 6 nitrogen and oxygen atoms in total. The van der Waals surface area contributed by atoms with Gasteiger partial charge in [0.25, 0.3) is 11.8 Å². The van der Waals surface area contributed by atoms with Crippen LogP contribution in [0.3, 0.4) is 0 Å². The van der Waals surface area contributed by atoms with Crippen molar-refractivity contribution < 1.29 is 9.59 Å². The number of hydrogen-bond acceptors (Lipinski definition) is 4. The Kier molecular flexibility index (Phi) is 4.73. The Morgan fingerprint density at radius 1 is 1.12 bits per heavy atom. The number of rotatable bonds is 2. The normalized spacial score (nSPS) is 14.8. The van der Waals surface area contributed by atoms with Crippen molar-refractivity contribution in [3.63, 3.8) is 0 Å². The summed E-state index contributed by atoms with van der Waals surface area (Å²) in [6, 6.07) is 2.83. The number of amides is 2. The fraction of sp³-hybridized carbons (Fsp3) is 0.312. The zero-order chi connectivity index (χ0) is 17.3. The van der Waals surface area contributed by atoms with Crippen molar-refractivity contribution in [2.75, 3.05) is 26.2 Å². The molecule has 0 spiro atoms. The Balaban J connectivity index is 1.64. The first-order valence-corrected chi connectivity index (χ1v) is 8.74.